The third kappa shape index (κ3) is 3.16. The standard InChI is InChI=1S/C18H35N3/c1-13(2)17-10-19-18(4,15-6-7-15)12-21(17)16-8-9-20(5)11-14(16)3/h13-17,19H,6-12H2,1-5H3. The van der Waals surface area contributed by atoms with E-state index in [1.165, 1.54) is 45.4 Å². The Balaban J connectivity index is 1.76. The fourth-order valence-corrected chi connectivity index (χ4v) is 4.82. The van der Waals surface area contributed by atoms with Crippen LogP contribution in [0.4, 0.5) is 0 Å². The molecule has 3 rings (SSSR count). The Morgan fingerprint density at radius 1 is 1.19 bits per heavy atom. The second-order valence-corrected chi connectivity index (χ2v) is 8.65. The Morgan fingerprint density at radius 2 is 1.90 bits per heavy atom. The van der Waals surface area contributed by atoms with Crippen LogP contribution in [-0.4, -0.2) is 60.6 Å². The molecule has 1 N–H and O–H groups in total. The largest absolute Gasteiger partial charge is 0.308 e. The van der Waals surface area contributed by atoms with E-state index in [4.69, 9.17) is 0 Å². The Labute approximate surface area is 131 Å². The first kappa shape index (κ1) is 15.8. The molecular formula is C18H35N3. The number of hydrogen-bond donors (Lipinski definition) is 1. The second kappa shape index (κ2) is 5.82. The van der Waals surface area contributed by atoms with Crippen LogP contribution in [0.2, 0.25) is 0 Å². The van der Waals surface area contributed by atoms with Crippen LogP contribution in [0.25, 0.3) is 0 Å². The fourth-order valence-electron chi connectivity index (χ4n) is 4.82. The van der Waals surface area contributed by atoms with E-state index in [1.807, 2.05) is 0 Å². The van der Waals surface area contributed by atoms with E-state index in [0.717, 1.165) is 23.8 Å². The zero-order valence-electron chi connectivity index (χ0n) is 14.7. The summed E-state index contributed by atoms with van der Waals surface area (Å²) in [6.45, 7) is 14.7. The lowest BCUT2D eigenvalue weighted by Gasteiger charge is -2.54. The summed E-state index contributed by atoms with van der Waals surface area (Å²) in [6.07, 6.45) is 4.22. The monoisotopic (exact) mass is 293 g/mol. The van der Waals surface area contributed by atoms with Gasteiger partial charge in [-0.05, 0) is 57.5 Å². The molecule has 1 aliphatic carbocycles. The molecule has 122 valence electrons. The summed E-state index contributed by atoms with van der Waals surface area (Å²) >= 11 is 0. The van der Waals surface area contributed by atoms with Gasteiger partial charge in [-0.2, -0.15) is 0 Å². The molecule has 21 heavy (non-hydrogen) atoms. The van der Waals surface area contributed by atoms with Gasteiger partial charge in [0.1, 0.15) is 0 Å². The van der Waals surface area contributed by atoms with E-state index in [9.17, 15) is 0 Å². The molecule has 3 aliphatic rings. The molecule has 3 heteroatoms. The molecule has 0 amide bonds. The number of nitrogens with zero attached hydrogens (tertiary/aromatic N) is 2. The van der Waals surface area contributed by atoms with E-state index in [2.05, 4.69) is 49.9 Å². The molecule has 2 saturated heterocycles. The van der Waals surface area contributed by atoms with Crippen molar-refractivity contribution < 1.29 is 0 Å². The molecular weight excluding hydrogens is 258 g/mol. The zero-order chi connectivity index (χ0) is 15.2. The summed E-state index contributed by atoms with van der Waals surface area (Å²) < 4.78 is 0. The van der Waals surface area contributed by atoms with Crippen molar-refractivity contribution in [1.29, 1.82) is 0 Å². The van der Waals surface area contributed by atoms with E-state index in [-0.39, 0.29) is 0 Å². The maximum atomic E-state index is 3.93. The van der Waals surface area contributed by atoms with Crippen molar-refractivity contribution in [3.05, 3.63) is 0 Å². The van der Waals surface area contributed by atoms with Crippen LogP contribution in [0.1, 0.15) is 47.0 Å². The van der Waals surface area contributed by atoms with Gasteiger partial charge in [-0.1, -0.05) is 20.8 Å². The van der Waals surface area contributed by atoms with Crippen LogP contribution in [0.15, 0.2) is 0 Å². The average Bonchev–Trinajstić information content (AvgIpc) is 3.22. The van der Waals surface area contributed by atoms with Gasteiger partial charge in [0.05, 0.1) is 0 Å². The van der Waals surface area contributed by atoms with E-state index < -0.39 is 0 Å². The minimum atomic E-state index is 0.370. The second-order valence-electron chi connectivity index (χ2n) is 8.65. The van der Waals surface area contributed by atoms with Crippen LogP contribution < -0.4 is 5.32 Å². The number of likely N-dealkylation sites (tertiary alicyclic amines) is 1. The Bertz CT molecular complexity index is 365. The first-order valence-corrected chi connectivity index (χ1v) is 9.10. The number of hydrogen-bond acceptors (Lipinski definition) is 3. The summed E-state index contributed by atoms with van der Waals surface area (Å²) in [5, 5.41) is 3.93. The Hall–Kier alpha value is -0.120. The van der Waals surface area contributed by atoms with Gasteiger partial charge < -0.3 is 10.2 Å². The van der Waals surface area contributed by atoms with Crippen molar-refractivity contribution in [3.8, 4) is 0 Å². The SMILES string of the molecule is CC(C)C1CNC(C)(C2CC2)CN1C1CCN(C)CC1C. The van der Waals surface area contributed by atoms with Gasteiger partial charge in [-0.3, -0.25) is 4.90 Å². The normalized spacial score (nSPS) is 43.4. The van der Waals surface area contributed by atoms with Gasteiger partial charge in [-0.25, -0.2) is 0 Å². The van der Waals surface area contributed by atoms with E-state index >= 15 is 0 Å². The smallest absolute Gasteiger partial charge is 0.0309 e. The summed E-state index contributed by atoms with van der Waals surface area (Å²) in [5.74, 6) is 2.47. The minimum Gasteiger partial charge on any atom is -0.308 e. The van der Waals surface area contributed by atoms with Gasteiger partial charge in [0.15, 0.2) is 0 Å². The van der Waals surface area contributed by atoms with Crippen LogP contribution in [0.5, 0.6) is 0 Å². The van der Waals surface area contributed by atoms with Crippen molar-refractivity contribution in [2.24, 2.45) is 17.8 Å². The lowest BCUT2D eigenvalue weighted by Crippen LogP contribution is -2.68. The van der Waals surface area contributed by atoms with Crippen molar-refractivity contribution in [2.45, 2.75) is 64.6 Å². The predicted molar refractivity (Wildman–Crippen MR) is 89.5 cm³/mol. The average molecular weight is 293 g/mol. The topological polar surface area (TPSA) is 18.5 Å². The first-order chi connectivity index (χ1) is 9.90. The molecule has 3 nitrogen and oxygen atoms in total. The highest BCUT2D eigenvalue weighted by atomic mass is 15.3. The third-order valence-electron chi connectivity index (χ3n) is 6.39. The molecule has 0 spiro atoms. The summed E-state index contributed by atoms with van der Waals surface area (Å²) in [5.41, 5.74) is 0.370. The number of nitrogens with one attached hydrogen (secondary N) is 1. The van der Waals surface area contributed by atoms with Crippen molar-refractivity contribution in [2.75, 3.05) is 33.2 Å². The zero-order valence-corrected chi connectivity index (χ0v) is 14.7. The van der Waals surface area contributed by atoms with Crippen LogP contribution in [0, 0.1) is 17.8 Å². The quantitative estimate of drug-likeness (QED) is 0.862. The third-order valence-corrected chi connectivity index (χ3v) is 6.39. The molecule has 0 aromatic carbocycles. The maximum Gasteiger partial charge on any atom is 0.0309 e. The van der Waals surface area contributed by atoms with E-state index in [0.29, 0.717) is 11.6 Å². The first-order valence-electron chi connectivity index (χ1n) is 9.10. The highest BCUT2D eigenvalue weighted by Gasteiger charge is 2.48. The molecule has 4 unspecified atom stereocenters. The van der Waals surface area contributed by atoms with Crippen LogP contribution in [-0.2, 0) is 0 Å². The molecule has 1 saturated carbocycles. The van der Waals surface area contributed by atoms with Gasteiger partial charge in [0, 0.05) is 37.3 Å². The maximum absolute atomic E-state index is 3.93. The Kier molecular flexibility index (Phi) is 4.37. The molecule has 4 atom stereocenters. The van der Waals surface area contributed by atoms with Gasteiger partial charge in [0.2, 0.25) is 0 Å². The van der Waals surface area contributed by atoms with Crippen LogP contribution >= 0.6 is 0 Å². The van der Waals surface area contributed by atoms with Gasteiger partial charge >= 0.3 is 0 Å². The highest BCUT2D eigenvalue weighted by Crippen LogP contribution is 2.43. The highest BCUT2D eigenvalue weighted by molar-refractivity contribution is 5.06. The molecule has 2 aliphatic heterocycles. The molecule has 0 radical (unpaired) electrons. The van der Waals surface area contributed by atoms with Crippen molar-refractivity contribution in [1.82, 2.24) is 15.1 Å². The van der Waals surface area contributed by atoms with Crippen molar-refractivity contribution >= 4 is 0 Å². The molecule has 0 bridgehead atoms. The molecule has 2 heterocycles. The molecule has 3 fully saturated rings. The van der Waals surface area contributed by atoms with Crippen molar-refractivity contribution in [3.63, 3.8) is 0 Å². The summed E-state index contributed by atoms with van der Waals surface area (Å²) in [7, 11) is 2.28. The van der Waals surface area contributed by atoms with Crippen LogP contribution in [0.3, 0.4) is 0 Å². The fraction of sp³-hybridized carbons (Fsp3) is 1.00. The lowest BCUT2D eigenvalue weighted by atomic mass is 9.83. The van der Waals surface area contributed by atoms with Gasteiger partial charge in [-0.15, -0.1) is 0 Å². The number of rotatable bonds is 3. The lowest BCUT2D eigenvalue weighted by molar-refractivity contribution is -0.0223. The summed E-state index contributed by atoms with van der Waals surface area (Å²) in [6, 6.07) is 1.50. The number of piperidine rings is 1. The minimum absolute atomic E-state index is 0.370. The Morgan fingerprint density at radius 3 is 2.48 bits per heavy atom. The number of piperazine rings is 1. The molecule has 0 aromatic heterocycles. The molecule has 0 aromatic rings. The van der Waals surface area contributed by atoms with Gasteiger partial charge in [0.25, 0.3) is 0 Å². The predicted octanol–water partition coefficient (Wildman–Crippen LogP) is 2.43. The summed E-state index contributed by atoms with van der Waals surface area (Å²) in [4.78, 5) is 5.42. The van der Waals surface area contributed by atoms with E-state index in [1.54, 1.807) is 0 Å².